The zero-order chi connectivity index (χ0) is 10.7. The van der Waals surface area contributed by atoms with Gasteiger partial charge in [-0.05, 0) is 17.7 Å². The van der Waals surface area contributed by atoms with Gasteiger partial charge in [0.2, 0.25) is 0 Å². The molecule has 0 aliphatic rings. The van der Waals surface area contributed by atoms with Gasteiger partial charge in [-0.15, -0.1) is 0 Å². The molecule has 0 fully saturated rings. The number of rotatable bonds is 2. The van der Waals surface area contributed by atoms with Gasteiger partial charge in [-0.1, -0.05) is 39.1 Å². The van der Waals surface area contributed by atoms with Gasteiger partial charge in [0.1, 0.15) is 0 Å². The van der Waals surface area contributed by atoms with Crippen LogP contribution in [0.4, 0.5) is 0 Å². The second-order valence-corrected chi connectivity index (χ2v) is 3.86. The second kappa shape index (κ2) is 5.01. The molecule has 0 radical (unpaired) electrons. The van der Waals surface area contributed by atoms with Crippen LogP contribution in [-0.4, -0.2) is 13.1 Å². The van der Waals surface area contributed by atoms with Crippen LogP contribution < -0.4 is 0 Å². The smallest absolute Gasteiger partial charge is 0.338 e. The van der Waals surface area contributed by atoms with Crippen LogP contribution in [0.25, 0.3) is 0 Å². The Labute approximate surface area is 100 Å². The quantitative estimate of drug-likeness (QED) is 0.615. The Bertz CT molecular complexity index is 366. The number of ether oxygens (including phenoxy) is 1. The fourth-order valence-corrected chi connectivity index (χ4v) is 2.18. The average molecular weight is 298 g/mol. The number of alkyl halides is 1. The van der Waals surface area contributed by atoms with Crippen molar-refractivity contribution < 1.29 is 9.53 Å². The molecule has 5 heteroatoms. The van der Waals surface area contributed by atoms with Crippen molar-refractivity contribution in [3.8, 4) is 0 Å². The van der Waals surface area contributed by atoms with Crippen molar-refractivity contribution in [3.63, 3.8) is 0 Å². The third kappa shape index (κ3) is 2.22. The van der Waals surface area contributed by atoms with Crippen molar-refractivity contribution in [1.82, 2.24) is 0 Å². The molecule has 0 heterocycles. The summed E-state index contributed by atoms with van der Waals surface area (Å²) >= 11 is 15.0. The molecule has 0 spiro atoms. The zero-order valence-corrected chi connectivity index (χ0v) is 10.4. The summed E-state index contributed by atoms with van der Waals surface area (Å²) in [6.07, 6.45) is 0. The molecule has 2 nitrogen and oxygen atoms in total. The van der Waals surface area contributed by atoms with Crippen LogP contribution in [0.1, 0.15) is 15.9 Å². The maximum absolute atomic E-state index is 11.3. The Morgan fingerprint density at radius 2 is 2.14 bits per heavy atom. The molecule has 0 bridgehead atoms. The Hall–Kier alpha value is -0.250. The van der Waals surface area contributed by atoms with Crippen molar-refractivity contribution in [2.45, 2.75) is 5.33 Å². The predicted molar refractivity (Wildman–Crippen MR) is 60.4 cm³/mol. The van der Waals surface area contributed by atoms with Crippen LogP contribution in [0.5, 0.6) is 0 Å². The first-order valence-corrected chi connectivity index (χ1v) is 5.60. The summed E-state index contributed by atoms with van der Waals surface area (Å²) in [7, 11) is 1.32. The predicted octanol–water partition coefficient (Wildman–Crippen LogP) is 3.67. The van der Waals surface area contributed by atoms with Gasteiger partial charge < -0.3 is 4.74 Å². The first kappa shape index (κ1) is 11.8. The molecule has 76 valence electrons. The van der Waals surface area contributed by atoms with Crippen LogP contribution in [0.15, 0.2) is 12.1 Å². The average Bonchev–Trinajstić information content (AvgIpc) is 2.20. The molecule has 0 unspecified atom stereocenters. The molecule has 0 aromatic heterocycles. The topological polar surface area (TPSA) is 26.3 Å². The Morgan fingerprint density at radius 1 is 1.50 bits per heavy atom. The number of carbonyl (C=O) groups is 1. The number of benzene rings is 1. The molecule has 0 saturated heterocycles. The highest BCUT2D eigenvalue weighted by molar-refractivity contribution is 9.08. The Morgan fingerprint density at radius 3 is 2.64 bits per heavy atom. The first-order chi connectivity index (χ1) is 6.61. The number of halogens is 3. The summed E-state index contributed by atoms with van der Waals surface area (Å²) in [6.45, 7) is 0. The van der Waals surface area contributed by atoms with Crippen molar-refractivity contribution >= 4 is 45.1 Å². The normalized spacial score (nSPS) is 10.0. The van der Waals surface area contributed by atoms with Crippen LogP contribution in [-0.2, 0) is 10.1 Å². The molecule has 1 aromatic rings. The third-order valence-electron chi connectivity index (χ3n) is 1.74. The van der Waals surface area contributed by atoms with Gasteiger partial charge in [0.15, 0.2) is 0 Å². The molecule has 0 N–H and O–H groups in total. The molecule has 14 heavy (non-hydrogen) atoms. The maximum atomic E-state index is 11.3. The van der Waals surface area contributed by atoms with Gasteiger partial charge in [0.25, 0.3) is 0 Å². The van der Waals surface area contributed by atoms with Crippen molar-refractivity contribution in [2.75, 3.05) is 7.11 Å². The lowest BCUT2D eigenvalue weighted by Crippen LogP contribution is -2.05. The highest BCUT2D eigenvalue weighted by atomic mass is 79.9. The van der Waals surface area contributed by atoms with Crippen LogP contribution >= 0.6 is 39.1 Å². The molecule has 0 aliphatic heterocycles. The monoisotopic (exact) mass is 296 g/mol. The lowest BCUT2D eigenvalue weighted by Gasteiger charge is -2.08. The van der Waals surface area contributed by atoms with E-state index in [1.807, 2.05) is 0 Å². The lowest BCUT2D eigenvalue weighted by atomic mass is 10.1. The van der Waals surface area contributed by atoms with Gasteiger partial charge >= 0.3 is 5.97 Å². The van der Waals surface area contributed by atoms with Gasteiger partial charge in [-0.2, -0.15) is 0 Å². The van der Waals surface area contributed by atoms with E-state index >= 15 is 0 Å². The van der Waals surface area contributed by atoms with Gasteiger partial charge in [0.05, 0.1) is 22.7 Å². The van der Waals surface area contributed by atoms with E-state index < -0.39 is 5.97 Å². The molecule has 0 saturated carbocycles. The molecule has 0 aliphatic carbocycles. The van der Waals surface area contributed by atoms with E-state index in [2.05, 4.69) is 20.7 Å². The summed E-state index contributed by atoms with van der Waals surface area (Å²) in [5, 5.41) is 1.26. The SMILES string of the molecule is COC(=O)c1ccc(Cl)c(Cl)c1CBr. The summed E-state index contributed by atoms with van der Waals surface area (Å²) in [4.78, 5) is 11.3. The molecule has 0 amide bonds. The van der Waals surface area contributed by atoms with Gasteiger partial charge in [-0.25, -0.2) is 4.79 Å². The largest absolute Gasteiger partial charge is 0.465 e. The summed E-state index contributed by atoms with van der Waals surface area (Å²) < 4.78 is 4.61. The van der Waals surface area contributed by atoms with E-state index in [1.165, 1.54) is 7.11 Å². The van der Waals surface area contributed by atoms with Crippen LogP contribution in [0.2, 0.25) is 10.0 Å². The standard InChI is InChI=1S/C9H7BrCl2O2/c1-14-9(13)5-2-3-7(11)8(12)6(5)4-10/h2-3H,4H2,1H3. The second-order valence-electron chi connectivity index (χ2n) is 2.51. The molecule has 1 rings (SSSR count). The minimum absolute atomic E-state index is 0.381. The van der Waals surface area contributed by atoms with Crippen molar-refractivity contribution in [3.05, 3.63) is 33.3 Å². The Kier molecular flexibility index (Phi) is 4.23. The number of hydrogen-bond acceptors (Lipinski definition) is 2. The van der Waals surface area contributed by atoms with Crippen molar-refractivity contribution in [1.29, 1.82) is 0 Å². The Balaban J connectivity index is 3.31. The number of methoxy groups -OCH3 is 1. The molecular weight excluding hydrogens is 291 g/mol. The number of carbonyl (C=O) groups excluding carboxylic acids is 1. The number of hydrogen-bond donors (Lipinski definition) is 0. The van der Waals surface area contributed by atoms with Crippen LogP contribution in [0.3, 0.4) is 0 Å². The minimum Gasteiger partial charge on any atom is -0.465 e. The van der Waals surface area contributed by atoms with Gasteiger partial charge in [-0.3, -0.25) is 0 Å². The van der Waals surface area contributed by atoms with Crippen LogP contribution in [0, 0.1) is 0 Å². The summed E-state index contributed by atoms with van der Waals surface area (Å²) in [5.41, 5.74) is 1.07. The van der Waals surface area contributed by atoms with Crippen molar-refractivity contribution in [2.24, 2.45) is 0 Å². The van der Waals surface area contributed by atoms with E-state index in [9.17, 15) is 4.79 Å². The van der Waals surface area contributed by atoms with Gasteiger partial charge in [0, 0.05) is 5.33 Å². The molecule has 1 aromatic carbocycles. The molecular formula is C9H7BrCl2O2. The van der Waals surface area contributed by atoms with E-state index in [4.69, 9.17) is 23.2 Å². The number of esters is 1. The summed E-state index contributed by atoms with van der Waals surface area (Å²) in [6, 6.07) is 3.17. The van der Waals surface area contributed by atoms with E-state index in [0.29, 0.717) is 26.5 Å². The fraction of sp³-hybridized carbons (Fsp3) is 0.222. The van der Waals surface area contributed by atoms with E-state index in [0.717, 1.165) is 0 Å². The third-order valence-corrected chi connectivity index (χ3v) is 3.14. The highest BCUT2D eigenvalue weighted by Crippen LogP contribution is 2.30. The molecule has 0 atom stereocenters. The zero-order valence-electron chi connectivity index (χ0n) is 7.31. The van der Waals surface area contributed by atoms with E-state index in [-0.39, 0.29) is 0 Å². The highest BCUT2D eigenvalue weighted by Gasteiger charge is 2.15. The maximum Gasteiger partial charge on any atom is 0.338 e. The lowest BCUT2D eigenvalue weighted by molar-refractivity contribution is 0.0600. The first-order valence-electron chi connectivity index (χ1n) is 3.73. The summed E-state index contributed by atoms with van der Waals surface area (Å²) in [5.74, 6) is -0.419. The van der Waals surface area contributed by atoms with E-state index in [1.54, 1.807) is 12.1 Å². The fourth-order valence-electron chi connectivity index (χ4n) is 1.02. The minimum atomic E-state index is -0.419.